The van der Waals surface area contributed by atoms with E-state index in [1.165, 1.54) is 131 Å². The van der Waals surface area contributed by atoms with Crippen molar-refractivity contribution in [3.8, 4) is 55.6 Å². The first-order valence-electron chi connectivity index (χ1n) is 22.2. The quantitative estimate of drug-likeness (QED) is 0.156. The second-order valence-corrected chi connectivity index (χ2v) is 18.0. The van der Waals surface area contributed by atoms with Crippen molar-refractivity contribution in [3.05, 3.63) is 230 Å². The molecule has 63 heavy (non-hydrogen) atoms. The second kappa shape index (κ2) is 13.6. The highest BCUT2D eigenvalue weighted by Gasteiger charge is 2.36. The van der Waals surface area contributed by atoms with Gasteiger partial charge in [0.1, 0.15) is 0 Å². The number of benzene rings is 12. The number of hydrogen-bond acceptors (Lipinski definition) is 0. The fourth-order valence-electron chi connectivity index (χ4n) is 11.0. The summed E-state index contributed by atoms with van der Waals surface area (Å²) >= 11 is 0. The lowest BCUT2D eigenvalue weighted by Crippen LogP contribution is -2.15. The molecule has 0 nitrogen and oxygen atoms in total. The molecule has 0 bridgehead atoms. The molecule has 294 valence electrons. The van der Waals surface area contributed by atoms with Crippen LogP contribution in [-0.4, -0.2) is 0 Å². The van der Waals surface area contributed by atoms with Gasteiger partial charge in [-0.2, -0.15) is 0 Å². The molecule has 0 spiro atoms. The van der Waals surface area contributed by atoms with Crippen LogP contribution in [0.2, 0.25) is 0 Å². The Morgan fingerprint density at radius 1 is 0.222 bits per heavy atom. The van der Waals surface area contributed by atoms with E-state index < -0.39 is 0 Å². The maximum absolute atomic E-state index is 2.45. The molecule has 12 aromatic rings. The van der Waals surface area contributed by atoms with Crippen LogP contribution in [0.4, 0.5) is 0 Å². The van der Waals surface area contributed by atoms with E-state index in [4.69, 9.17) is 0 Å². The van der Waals surface area contributed by atoms with Crippen molar-refractivity contribution >= 4 is 64.6 Å². The topological polar surface area (TPSA) is 0 Å². The van der Waals surface area contributed by atoms with Gasteiger partial charge in [0.05, 0.1) is 0 Å². The normalized spacial score (nSPS) is 13.0. The van der Waals surface area contributed by atoms with Gasteiger partial charge in [-0.15, -0.1) is 0 Å². The van der Waals surface area contributed by atoms with Crippen molar-refractivity contribution in [2.24, 2.45) is 0 Å². The van der Waals surface area contributed by atoms with Gasteiger partial charge < -0.3 is 0 Å². The van der Waals surface area contributed by atoms with Crippen molar-refractivity contribution < 1.29 is 0 Å². The molecule has 0 unspecified atom stereocenters. The zero-order valence-electron chi connectivity index (χ0n) is 35.3. The molecule has 0 amide bonds. The molecule has 0 saturated carbocycles. The van der Waals surface area contributed by atoms with Crippen LogP contribution < -0.4 is 0 Å². The van der Waals surface area contributed by atoms with E-state index in [-0.39, 0.29) is 5.41 Å². The zero-order valence-corrected chi connectivity index (χ0v) is 35.3. The van der Waals surface area contributed by atoms with Crippen LogP contribution >= 0.6 is 0 Å². The van der Waals surface area contributed by atoms with Crippen LogP contribution in [0.25, 0.3) is 120 Å². The van der Waals surface area contributed by atoms with E-state index in [2.05, 4.69) is 232 Å². The van der Waals surface area contributed by atoms with Crippen LogP contribution in [0.5, 0.6) is 0 Å². The summed E-state index contributed by atoms with van der Waals surface area (Å²) in [7, 11) is 0. The Hall–Kier alpha value is -7.80. The molecule has 0 N–H and O–H groups in total. The third-order valence-electron chi connectivity index (χ3n) is 14.2. The van der Waals surface area contributed by atoms with E-state index in [0.717, 1.165) is 0 Å². The third kappa shape index (κ3) is 5.48. The molecule has 0 fully saturated rings. The highest BCUT2D eigenvalue weighted by Crippen LogP contribution is 2.51. The third-order valence-corrected chi connectivity index (χ3v) is 14.2. The largest absolute Gasteiger partial charge is 0.0616 e. The summed E-state index contributed by atoms with van der Waals surface area (Å²) in [5, 5.41) is 15.5. The van der Waals surface area contributed by atoms with Crippen LogP contribution in [0.15, 0.2) is 218 Å². The predicted molar refractivity (Wildman–Crippen MR) is 271 cm³/mol. The first kappa shape index (κ1) is 35.9. The minimum Gasteiger partial charge on any atom is -0.0616 e. The zero-order chi connectivity index (χ0) is 41.8. The second-order valence-electron chi connectivity index (χ2n) is 18.0. The lowest BCUT2D eigenvalue weighted by molar-refractivity contribution is 0.661. The summed E-state index contributed by atoms with van der Waals surface area (Å²) in [5.41, 5.74) is 15.2. The predicted octanol–water partition coefficient (Wildman–Crippen LogP) is 17.6. The van der Waals surface area contributed by atoms with Gasteiger partial charge in [-0.25, -0.2) is 0 Å². The molecule has 12 aromatic carbocycles. The van der Waals surface area contributed by atoms with E-state index in [1.54, 1.807) is 0 Å². The minimum atomic E-state index is -0.170. The van der Waals surface area contributed by atoms with Gasteiger partial charge in [0.25, 0.3) is 0 Å². The Morgan fingerprint density at radius 3 is 1.05 bits per heavy atom. The van der Waals surface area contributed by atoms with E-state index in [9.17, 15) is 0 Å². The smallest absolute Gasteiger partial charge is 0.0159 e. The number of hydrogen-bond donors (Lipinski definition) is 0. The Kier molecular flexibility index (Phi) is 7.75. The average molecular weight is 799 g/mol. The van der Waals surface area contributed by atoms with E-state index >= 15 is 0 Å². The molecular formula is C63H42. The summed E-state index contributed by atoms with van der Waals surface area (Å²) < 4.78 is 0. The van der Waals surface area contributed by atoms with Gasteiger partial charge in [-0.3, -0.25) is 0 Å². The summed E-state index contributed by atoms with van der Waals surface area (Å²) in [6, 6.07) is 81.8. The van der Waals surface area contributed by atoms with Gasteiger partial charge in [0, 0.05) is 5.41 Å². The highest BCUT2D eigenvalue weighted by atomic mass is 14.4. The molecule has 0 aliphatic heterocycles. The molecule has 0 atom stereocenters. The molecular weight excluding hydrogens is 757 g/mol. The maximum Gasteiger partial charge on any atom is 0.0159 e. The molecule has 1 aliphatic carbocycles. The lowest BCUT2D eigenvalue weighted by atomic mass is 9.80. The highest BCUT2D eigenvalue weighted by molar-refractivity contribution is 6.22. The van der Waals surface area contributed by atoms with Crippen LogP contribution in [-0.2, 0) is 5.41 Å². The SMILES string of the molecule is CC1(C)c2cc(-c3cccc(-c4cc5c6ccccc6ccc5c5ccccc45)c3)ccc2-c2ccc(-c3cccc(-c4cc5c6ccccc6ccc5c5ccccc45)c3)cc21. The van der Waals surface area contributed by atoms with Crippen molar-refractivity contribution in [2.45, 2.75) is 19.3 Å². The Balaban J connectivity index is 0.880. The van der Waals surface area contributed by atoms with Gasteiger partial charge in [0.2, 0.25) is 0 Å². The molecule has 0 aromatic heterocycles. The lowest BCUT2D eigenvalue weighted by Gasteiger charge is -2.23. The summed E-state index contributed by atoms with van der Waals surface area (Å²) in [5.74, 6) is 0. The van der Waals surface area contributed by atoms with Gasteiger partial charge in [0.15, 0.2) is 0 Å². The van der Waals surface area contributed by atoms with Crippen molar-refractivity contribution in [1.29, 1.82) is 0 Å². The average Bonchev–Trinajstić information content (AvgIpc) is 3.57. The summed E-state index contributed by atoms with van der Waals surface area (Å²) in [6.07, 6.45) is 0. The van der Waals surface area contributed by atoms with Crippen LogP contribution in [0, 0.1) is 0 Å². The molecule has 0 heteroatoms. The van der Waals surface area contributed by atoms with Crippen molar-refractivity contribution in [1.82, 2.24) is 0 Å². The summed E-state index contributed by atoms with van der Waals surface area (Å²) in [4.78, 5) is 0. The molecule has 1 aliphatic rings. The van der Waals surface area contributed by atoms with Gasteiger partial charge in [-0.1, -0.05) is 196 Å². The first-order valence-corrected chi connectivity index (χ1v) is 22.2. The van der Waals surface area contributed by atoms with E-state index in [1.807, 2.05) is 0 Å². The van der Waals surface area contributed by atoms with Gasteiger partial charge in [-0.05, 0) is 168 Å². The van der Waals surface area contributed by atoms with Crippen molar-refractivity contribution in [3.63, 3.8) is 0 Å². The molecule has 13 rings (SSSR count). The van der Waals surface area contributed by atoms with Crippen LogP contribution in [0.1, 0.15) is 25.0 Å². The van der Waals surface area contributed by atoms with Gasteiger partial charge >= 0.3 is 0 Å². The Bertz CT molecular complexity index is 3630. The molecule has 0 saturated heterocycles. The Morgan fingerprint density at radius 2 is 0.587 bits per heavy atom. The summed E-state index contributed by atoms with van der Waals surface area (Å²) in [6.45, 7) is 4.80. The maximum atomic E-state index is 2.45. The number of rotatable bonds is 4. The van der Waals surface area contributed by atoms with Crippen LogP contribution in [0.3, 0.4) is 0 Å². The standard InChI is InChI=1S/C63H42/c1-63(2)61-35-43(41-15-11-17-45(33-41)57-37-59-47-19-5-3-13-39(47)25-29-53(59)49-21-7-9-23-51(49)57)27-31-55(61)56-32-28-44(36-62(56)63)42-16-12-18-46(34-42)58-38-60-48-20-6-4-14-40(48)26-30-54(60)50-22-8-10-24-52(50)58/h3-38H,1-2H3. The molecule has 0 radical (unpaired) electrons. The number of fused-ring (bicyclic) bond motifs is 13. The Labute approximate surface area is 367 Å². The fourth-order valence-corrected chi connectivity index (χ4v) is 11.0. The fraction of sp³-hybridized carbons (Fsp3) is 0.0476. The van der Waals surface area contributed by atoms with Crippen molar-refractivity contribution in [2.75, 3.05) is 0 Å². The molecule has 0 heterocycles. The van der Waals surface area contributed by atoms with E-state index in [0.29, 0.717) is 0 Å². The minimum absolute atomic E-state index is 0.170. The first-order chi connectivity index (χ1) is 31.0. The monoisotopic (exact) mass is 798 g/mol.